The van der Waals surface area contributed by atoms with Gasteiger partial charge in [0, 0.05) is 23.9 Å². The minimum atomic E-state index is -0.360. The van der Waals surface area contributed by atoms with Crippen molar-refractivity contribution >= 4 is 17.7 Å². The molecule has 1 aliphatic rings. The Labute approximate surface area is 127 Å². The average Bonchev–Trinajstić information content (AvgIpc) is 2.84. The quantitative estimate of drug-likeness (QED) is 0.816. The van der Waals surface area contributed by atoms with Crippen LogP contribution in [-0.2, 0) is 17.5 Å². The highest BCUT2D eigenvalue weighted by atomic mass is 32.2. The summed E-state index contributed by atoms with van der Waals surface area (Å²) in [7, 11) is 3.51. The van der Waals surface area contributed by atoms with E-state index >= 15 is 0 Å². The third-order valence-electron chi connectivity index (χ3n) is 3.43. The molecular formula is C15H16N2O3S. The topological polar surface area (TPSA) is 53.3 Å². The number of nitrogens with zero attached hydrogens (tertiary/aromatic N) is 2. The summed E-state index contributed by atoms with van der Waals surface area (Å²) in [5.74, 6) is 1.17. The molecule has 0 bridgehead atoms. The average molecular weight is 304 g/mol. The number of benzene rings is 1. The fourth-order valence-electron chi connectivity index (χ4n) is 2.56. The fraction of sp³-hybridized carbons (Fsp3) is 0.333. The zero-order valence-corrected chi connectivity index (χ0v) is 13.0. The lowest BCUT2D eigenvalue weighted by molar-refractivity contribution is 0.0517. The molecule has 2 heterocycles. The first-order valence-electron chi connectivity index (χ1n) is 6.70. The SMILES string of the molecule is CCOC(=O)c1nn(C)c2c1CSc1c(OC)cccc1-2. The molecule has 0 saturated carbocycles. The van der Waals surface area contributed by atoms with E-state index in [4.69, 9.17) is 9.47 Å². The largest absolute Gasteiger partial charge is 0.496 e. The molecule has 0 unspecified atom stereocenters. The molecule has 0 saturated heterocycles. The second-order valence-electron chi connectivity index (χ2n) is 4.65. The van der Waals surface area contributed by atoms with Crippen LogP contribution in [0.1, 0.15) is 23.0 Å². The zero-order chi connectivity index (χ0) is 15.0. The van der Waals surface area contributed by atoms with Gasteiger partial charge in [0.05, 0.1) is 24.3 Å². The van der Waals surface area contributed by atoms with Crippen molar-refractivity contribution in [2.45, 2.75) is 17.6 Å². The van der Waals surface area contributed by atoms with Crippen molar-refractivity contribution in [1.82, 2.24) is 9.78 Å². The molecule has 0 amide bonds. The number of thioether (sulfide) groups is 1. The standard InChI is InChI=1S/C15H16N2O3S/c1-4-20-15(18)12-10-8-21-14-9(13(10)17(2)16-12)6-5-7-11(14)19-3/h5-7H,4,8H2,1-3H3. The molecule has 0 radical (unpaired) electrons. The molecule has 0 atom stereocenters. The van der Waals surface area contributed by atoms with E-state index in [1.165, 1.54) is 0 Å². The van der Waals surface area contributed by atoms with Gasteiger partial charge in [0.1, 0.15) is 5.75 Å². The first-order chi connectivity index (χ1) is 10.2. The van der Waals surface area contributed by atoms with Crippen molar-refractivity contribution in [3.05, 3.63) is 29.5 Å². The highest BCUT2D eigenvalue weighted by Gasteiger charge is 2.29. The van der Waals surface area contributed by atoms with Crippen molar-refractivity contribution in [2.75, 3.05) is 13.7 Å². The minimum Gasteiger partial charge on any atom is -0.496 e. The number of hydrogen-bond acceptors (Lipinski definition) is 5. The third kappa shape index (κ3) is 2.19. The van der Waals surface area contributed by atoms with E-state index in [0.717, 1.165) is 27.5 Å². The number of hydrogen-bond donors (Lipinski definition) is 0. The fourth-order valence-corrected chi connectivity index (χ4v) is 3.74. The van der Waals surface area contributed by atoms with Crippen molar-refractivity contribution in [1.29, 1.82) is 0 Å². The lowest BCUT2D eigenvalue weighted by Gasteiger charge is -2.19. The van der Waals surface area contributed by atoms with Gasteiger partial charge >= 0.3 is 5.97 Å². The number of carbonyl (C=O) groups excluding carboxylic acids is 1. The Morgan fingerprint density at radius 2 is 2.29 bits per heavy atom. The van der Waals surface area contributed by atoms with Crippen molar-refractivity contribution < 1.29 is 14.3 Å². The summed E-state index contributed by atoms with van der Waals surface area (Å²) in [6.45, 7) is 2.14. The van der Waals surface area contributed by atoms with Crippen molar-refractivity contribution in [3.63, 3.8) is 0 Å². The van der Waals surface area contributed by atoms with Crippen LogP contribution in [-0.4, -0.2) is 29.5 Å². The monoisotopic (exact) mass is 304 g/mol. The van der Waals surface area contributed by atoms with E-state index in [0.29, 0.717) is 18.1 Å². The van der Waals surface area contributed by atoms with Crippen molar-refractivity contribution in [2.24, 2.45) is 7.05 Å². The predicted molar refractivity (Wildman–Crippen MR) is 80.7 cm³/mol. The Bertz CT molecular complexity index is 709. The summed E-state index contributed by atoms with van der Waals surface area (Å²) in [5.41, 5.74) is 3.36. The van der Waals surface area contributed by atoms with Gasteiger partial charge in [0.25, 0.3) is 0 Å². The van der Waals surface area contributed by atoms with Crippen molar-refractivity contribution in [3.8, 4) is 17.0 Å². The van der Waals surface area contributed by atoms with Crippen LogP contribution in [0.4, 0.5) is 0 Å². The Hall–Kier alpha value is -1.95. The van der Waals surface area contributed by atoms with Crippen LogP contribution in [0.2, 0.25) is 0 Å². The van der Waals surface area contributed by atoms with Gasteiger partial charge in [-0.1, -0.05) is 12.1 Å². The van der Waals surface area contributed by atoms with Gasteiger partial charge in [-0.15, -0.1) is 11.8 Å². The molecule has 21 heavy (non-hydrogen) atoms. The number of methoxy groups -OCH3 is 1. The molecule has 5 nitrogen and oxygen atoms in total. The first-order valence-corrected chi connectivity index (χ1v) is 7.69. The summed E-state index contributed by atoms with van der Waals surface area (Å²) in [5, 5.41) is 4.35. The molecule has 6 heteroatoms. The van der Waals surface area contributed by atoms with E-state index in [1.807, 2.05) is 25.2 Å². The molecular weight excluding hydrogens is 288 g/mol. The number of ether oxygens (including phenoxy) is 2. The second-order valence-corrected chi connectivity index (χ2v) is 5.63. The lowest BCUT2D eigenvalue weighted by Crippen LogP contribution is -2.08. The van der Waals surface area contributed by atoms with E-state index in [9.17, 15) is 4.79 Å². The number of fused-ring (bicyclic) bond motifs is 3. The summed E-state index contributed by atoms with van der Waals surface area (Å²) >= 11 is 1.66. The van der Waals surface area contributed by atoms with Crippen LogP contribution in [0.15, 0.2) is 23.1 Å². The summed E-state index contributed by atoms with van der Waals surface area (Å²) in [6, 6.07) is 5.92. The van der Waals surface area contributed by atoms with E-state index < -0.39 is 0 Å². The molecule has 0 spiro atoms. The molecule has 110 valence electrons. The molecule has 1 aliphatic heterocycles. The van der Waals surface area contributed by atoms with E-state index in [2.05, 4.69) is 5.10 Å². The lowest BCUT2D eigenvalue weighted by atomic mass is 10.1. The Balaban J connectivity index is 2.16. The van der Waals surface area contributed by atoms with Gasteiger partial charge in [0.2, 0.25) is 0 Å². The summed E-state index contributed by atoms with van der Waals surface area (Å²) in [6.07, 6.45) is 0. The van der Waals surface area contributed by atoms with Gasteiger partial charge in [0.15, 0.2) is 5.69 Å². The maximum Gasteiger partial charge on any atom is 0.359 e. The molecule has 3 rings (SSSR count). The van der Waals surface area contributed by atoms with Gasteiger partial charge in [-0.2, -0.15) is 5.10 Å². The van der Waals surface area contributed by atoms with E-state index in [1.54, 1.807) is 30.5 Å². The Morgan fingerprint density at radius 1 is 1.48 bits per heavy atom. The minimum absolute atomic E-state index is 0.349. The number of rotatable bonds is 3. The van der Waals surface area contributed by atoms with Crippen LogP contribution >= 0.6 is 11.8 Å². The zero-order valence-electron chi connectivity index (χ0n) is 12.2. The van der Waals surface area contributed by atoms with Gasteiger partial charge in [-0.05, 0) is 13.0 Å². The normalized spacial score (nSPS) is 12.5. The van der Waals surface area contributed by atoms with Crippen LogP contribution in [0.3, 0.4) is 0 Å². The van der Waals surface area contributed by atoms with Gasteiger partial charge < -0.3 is 9.47 Å². The van der Waals surface area contributed by atoms with E-state index in [-0.39, 0.29) is 5.97 Å². The third-order valence-corrected chi connectivity index (χ3v) is 4.57. The summed E-state index contributed by atoms with van der Waals surface area (Å²) in [4.78, 5) is 13.1. The van der Waals surface area contributed by atoms with Crippen LogP contribution in [0.25, 0.3) is 11.3 Å². The van der Waals surface area contributed by atoms with Gasteiger partial charge in [-0.3, -0.25) is 4.68 Å². The maximum atomic E-state index is 12.0. The molecule has 2 aromatic rings. The van der Waals surface area contributed by atoms with Gasteiger partial charge in [-0.25, -0.2) is 4.79 Å². The highest BCUT2D eigenvalue weighted by Crippen LogP contribution is 2.46. The molecule has 0 N–H and O–H groups in total. The molecule has 1 aromatic heterocycles. The highest BCUT2D eigenvalue weighted by molar-refractivity contribution is 7.98. The predicted octanol–water partition coefficient (Wildman–Crippen LogP) is 2.88. The molecule has 1 aromatic carbocycles. The first kappa shape index (κ1) is 14.0. The number of carbonyl (C=O) groups is 1. The number of esters is 1. The number of aromatic nitrogens is 2. The smallest absolute Gasteiger partial charge is 0.359 e. The maximum absolute atomic E-state index is 12.0. The molecule has 0 aliphatic carbocycles. The van der Waals surface area contributed by atoms with Crippen LogP contribution in [0.5, 0.6) is 5.75 Å². The molecule has 0 fully saturated rings. The Kier molecular flexibility index (Phi) is 3.63. The number of aryl methyl sites for hydroxylation is 1. The summed E-state index contributed by atoms with van der Waals surface area (Å²) < 4.78 is 12.3. The second kappa shape index (κ2) is 5.44. The Morgan fingerprint density at radius 3 is 3.00 bits per heavy atom. The van der Waals surface area contributed by atoms with Crippen LogP contribution in [0, 0.1) is 0 Å². The van der Waals surface area contributed by atoms with Crippen LogP contribution < -0.4 is 4.74 Å².